The molecule has 0 saturated heterocycles. The van der Waals surface area contributed by atoms with Crippen LogP contribution in [0.15, 0.2) is 42.5 Å². The molecule has 9 nitrogen and oxygen atoms in total. The van der Waals surface area contributed by atoms with Gasteiger partial charge in [0.2, 0.25) is 0 Å². The smallest absolute Gasteiger partial charge is 0.338 e. The summed E-state index contributed by atoms with van der Waals surface area (Å²) in [5, 5.41) is 13.3. The minimum Gasteiger partial charge on any atom is -0.495 e. The van der Waals surface area contributed by atoms with Crippen molar-refractivity contribution in [2.75, 3.05) is 25.6 Å². The van der Waals surface area contributed by atoms with E-state index in [0.29, 0.717) is 18.3 Å². The Kier molecular flexibility index (Phi) is 7.53. The summed E-state index contributed by atoms with van der Waals surface area (Å²) >= 11 is 0. The van der Waals surface area contributed by atoms with Crippen LogP contribution in [0.1, 0.15) is 24.2 Å². The monoisotopic (exact) mass is 402 g/mol. The predicted molar refractivity (Wildman–Crippen MR) is 105 cm³/mol. The first-order valence-electron chi connectivity index (χ1n) is 8.82. The quantitative estimate of drug-likeness (QED) is 0.388. The molecule has 2 aromatic rings. The van der Waals surface area contributed by atoms with E-state index in [1.807, 2.05) is 13.8 Å². The number of carbonyl (C=O) groups excluding carboxylic acids is 2. The maximum absolute atomic E-state index is 12.1. The number of benzene rings is 2. The molecule has 0 aromatic heterocycles. The summed E-state index contributed by atoms with van der Waals surface area (Å²) in [6.07, 6.45) is 0. The Morgan fingerprint density at radius 3 is 2.41 bits per heavy atom. The van der Waals surface area contributed by atoms with Crippen molar-refractivity contribution >= 4 is 23.3 Å². The molecule has 0 bridgehead atoms. The van der Waals surface area contributed by atoms with Crippen molar-refractivity contribution in [3.63, 3.8) is 0 Å². The Labute approximate surface area is 167 Å². The third-order valence-electron chi connectivity index (χ3n) is 3.68. The van der Waals surface area contributed by atoms with Crippen molar-refractivity contribution in [2.45, 2.75) is 13.8 Å². The third kappa shape index (κ3) is 6.49. The zero-order chi connectivity index (χ0) is 21.4. The SMILES string of the molecule is COc1ccc([N+](=O)[O-])cc1NC(=O)COC(=O)c1ccc(OCC(C)C)cc1. The molecule has 1 amide bonds. The molecule has 0 radical (unpaired) electrons. The van der Waals surface area contributed by atoms with Gasteiger partial charge in [-0.1, -0.05) is 13.8 Å². The average molecular weight is 402 g/mol. The number of hydrogen-bond donors (Lipinski definition) is 1. The Hall–Kier alpha value is -3.62. The highest BCUT2D eigenvalue weighted by molar-refractivity contribution is 5.96. The predicted octanol–water partition coefficient (Wildman–Crippen LogP) is 3.43. The number of methoxy groups -OCH3 is 1. The summed E-state index contributed by atoms with van der Waals surface area (Å²) in [5.74, 6) is -0.0866. The first kappa shape index (κ1) is 21.7. The minimum atomic E-state index is -0.679. The molecule has 0 spiro atoms. The molecule has 9 heteroatoms. The maximum Gasteiger partial charge on any atom is 0.338 e. The highest BCUT2D eigenvalue weighted by Crippen LogP contribution is 2.28. The van der Waals surface area contributed by atoms with Gasteiger partial charge in [-0.05, 0) is 36.2 Å². The zero-order valence-corrected chi connectivity index (χ0v) is 16.3. The van der Waals surface area contributed by atoms with Crippen LogP contribution in [0.2, 0.25) is 0 Å². The van der Waals surface area contributed by atoms with Crippen LogP contribution in [0.25, 0.3) is 0 Å². The number of ether oxygens (including phenoxy) is 3. The summed E-state index contributed by atoms with van der Waals surface area (Å²) in [5.41, 5.74) is 0.162. The van der Waals surface area contributed by atoms with Gasteiger partial charge in [-0.25, -0.2) is 4.79 Å². The first-order chi connectivity index (χ1) is 13.8. The Morgan fingerprint density at radius 1 is 1.14 bits per heavy atom. The van der Waals surface area contributed by atoms with Crippen molar-refractivity contribution in [1.82, 2.24) is 0 Å². The van der Waals surface area contributed by atoms with E-state index in [4.69, 9.17) is 14.2 Å². The van der Waals surface area contributed by atoms with Crippen molar-refractivity contribution in [3.8, 4) is 11.5 Å². The fourth-order valence-corrected chi connectivity index (χ4v) is 2.26. The van der Waals surface area contributed by atoms with Crippen molar-refractivity contribution in [1.29, 1.82) is 0 Å². The van der Waals surface area contributed by atoms with E-state index in [9.17, 15) is 19.7 Å². The number of anilines is 1. The van der Waals surface area contributed by atoms with E-state index in [1.165, 1.54) is 19.2 Å². The van der Waals surface area contributed by atoms with Gasteiger partial charge < -0.3 is 19.5 Å². The fourth-order valence-electron chi connectivity index (χ4n) is 2.26. The number of nitrogens with one attached hydrogen (secondary N) is 1. The summed E-state index contributed by atoms with van der Waals surface area (Å²) in [4.78, 5) is 34.4. The van der Waals surface area contributed by atoms with Gasteiger partial charge in [0.05, 0.1) is 29.9 Å². The minimum absolute atomic E-state index is 0.106. The topological polar surface area (TPSA) is 117 Å². The molecule has 0 aliphatic carbocycles. The van der Waals surface area contributed by atoms with Gasteiger partial charge in [0.1, 0.15) is 11.5 Å². The molecule has 0 unspecified atom stereocenters. The molecule has 0 aliphatic rings. The first-order valence-corrected chi connectivity index (χ1v) is 8.82. The van der Waals surface area contributed by atoms with Crippen LogP contribution in [-0.2, 0) is 9.53 Å². The number of hydrogen-bond acceptors (Lipinski definition) is 7. The second kappa shape index (κ2) is 10.1. The van der Waals surface area contributed by atoms with E-state index in [1.54, 1.807) is 24.3 Å². The molecule has 29 heavy (non-hydrogen) atoms. The molecular formula is C20H22N2O7. The van der Waals surface area contributed by atoms with Crippen molar-refractivity contribution in [2.24, 2.45) is 5.92 Å². The summed E-state index contributed by atoms with van der Waals surface area (Å²) in [6, 6.07) is 10.2. The van der Waals surface area contributed by atoms with Gasteiger partial charge >= 0.3 is 5.97 Å². The van der Waals surface area contributed by atoms with Crippen LogP contribution < -0.4 is 14.8 Å². The molecule has 0 aliphatic heterocycles. The number of carbonyl (C=O) groups is 2. The van der Waals surface area contributed by atoms with Crippen molar-refractivity contribution < 1.29 is 28.7 Å². The molecule has 0 atom stereocenters. The number of esters is 1. The summed E-state index contributed by atoms with van der Waals surface area (Å²) in [6.45, 7) is 4.06. The number of nitro benzene ring substituents is 1. The molecule has 0 saturated carbocycles. The Morgan fingerprint density at radius 2 is 1.83 bits per heavy atom. The van der Waals surface area contributed by atoms with Gasteiger partial charge in [-0.3, -0.25) is 14.9 Å². The van der Waals surface area contributed by atoms with E-state index in [-0.39, 0.29) is 22.7 Å². The molecule has 0 fully saturated rings. The normalized spacial score (nSPS) is 10.3. The highest BCUT2D eigenvalue weighted by Gasteiger charge is 2.15. The van der Waals surface area contributed by atoms with Crippen LogP contribution in [-0.4, -0.2) is 37.1 Å². The molecule has 2 aromatic carbocycles. The van der Waals surface area contributed by atoms with Gasteiger partial charge in [-0.15, -0.1) is 0 Å². The second-order valence-electron chi connectivity index (χ2n) is 6.50. The Bertz CT molecular complexity index is 879. The lowest BCUT2D eigenvalue weighted by Crippen LogP contribution is -2.21. The Balaban J connectivity index is 1.93. The number of nitro groups is 1. The van der Waals surface area contributed by atoms with Crippen LogP contribution >= 0.6 is 0 Å². The fraction of sp³-hybridized carbons (Fsp3) is 0.300. The molecular weight excluding hydrogens is 380 g/mol. The molecule has 0 heterocycles. The average Bonchev–Trinajstić information content (AvgIpc) is 2.70. The second-order valence-corrected chi connectivity index (χ2v) is 6.50. The third-order valence-corrected chi connectivity index (χ3v) is 3.68. The van der Waals surface area contributed by atoms with E-state index < -0.39 is 23.4 Å². The summed E-state index contributed by atoms with van der Waals surface area (Å²) in [7, 11) is 1.37. The number of rotatable bonds is 9. The highest BCUT2D eigenvalue weighted by atomic mass is 16.6. The maximum atomic E-state index is 12.1. The molecule has 2 rings (SSSR count). The van der Waals surface area contributed by atoms with Crippen LogP contribution in [0.3, 0.4) is 0 Å². The van der Waals surface area contributed by atoms with Crippen molar-refractivity contribution in [3.05, 3.63) is 58.1 Å². The van der Waals surface area contributed by atoms with Crippen LogP contribution in [0.5, 0.6) is 11.5 Å². The van der Waals surface area contributed by atoms with E-state index in [0.717, 1.165) is 6.07 Å². The number of nitrogens with zero attached hydrogens (tertiary/aromatic N) is 1. The van der Waals surface area contributed by atoms with Crippen LogP contribution in [0.4, 0.5) is 11.4 Å². The van der Waals surface area contributed by atoms with Gasteiger partial charge in [0, 0.05) is 12.1 Å². The van der Waals surface area contributed by atoms with Gasteiger partial charge in [0.15, 0.2) is 6.61 Å². The van der Waals surface area contributed by atoms with Crippen LogP contribution in [0, 0.1) is 16.0 Å². The number of non-ortho nitro benzene ring substituents is 1. The van der Waals surface area contributed by atoms with E-state index in [2.05, 4.69) is 5.32 Å². The lowest BCUT2D eigenvalue weighted by Gasteiger charge is -2.11. The standard InChI is InChI=1S/C20H22N2O7/c1-13(2)11-28-16-7-4-14(5-8-16)20(24)29-12-19(23)21-17-10-15(22(25)26)6-9-18(17)27-3/h4-10,13H,11-12H2,1-3H3,(H,21,23). The lowest BCUT2D eigenvalue weighted by molar-refractivity contribution is -0.384. The lowest BCUT2D eigenvalue weighted by atomic mass is 10.2. The molecule has 154 valence electrons. The summed E-state index contributed by atoms with van der Waals surface area (Å²) < 4.78 is 15.6. The van der Waals surface area contributed by atoms with Gasteiger partial charge in [0.25, 0.3) is 11.6 Å². The zero-order valence-electron chi connectivity index (χ0n) is 16.3. The largest absolute Gasteiger partial charge is 0.495 e. The molecule has 1 N–H and O–H groups in total. The van der Waals surface area contributed by atoms with E-state index >= 15 is 0 Å². The van der Waals surface area contributed by atoms with Gasteiger partial charge in [-0.2, -0.15) is 0 Å². The number of amides is 1.